The number of carbonyl (C=O) groups excluding carboxylic acids is 1. The van der Waals surface area contributed by atoms with Gasteiger partial charge in [0.25, 0.3) is 5.91 Å². The van der Waals surface area contributed by atoms with E-state index in [1.54, 1.807) is 37.3 Å². The molecule has 5 nitrogen and oxygen atoms in total. The molecular formula is C21H22N2O3S2. The van der Waals surface area contributed by atoms with E-state index in [4.69, 9.17) is 9.47 Å². The van der Waals surface area contributed by atoms with E-state index in [-0.39, 0.29) is 5.91 Å². The van der Waals surface area contributed by atoms with Gasteiger partial charge in [-0.25, -0.2) is 4.98 Å². The van der Waals surface area contributed by atoms with Gasteiger partial charge in [0.2, 0.25) is 0 Å². The molecule has 0 fully saturated rings. The second-order valence-corrected chi connectivity index (χ2v) is 8.14. The number of benzene rings is 2. The normalized spacial score (nSPS) is 10.5. The van der Waals surface area contributed by atoms with Gasteiger partial charge in [-0.1, -0.05) is 30.0 Å². The molecule has 146 valence electrons. The van der Waals surface area contributed by atoms with Crippen molar-refractivity contribution in [3.63, 3.8) is 0 Å². The maximum Gasteiger partial charge on any atom is 0.251 e. The summed E-state index contributed by atoms with van der Waals surface area (Å²) < 4.78 is 11.7. The van der Waals surface area contributed by atoms with Crippen molar-refractivity contribution in [2.75, 3.05) is 14.2 Å². The molecule has 0 unspecified atom stereocenters. The summed E-state index contributed by atoms with van der Waals surface area (Å²) in [4.78, 5) is 17.3. The molecule has 1 heterocycles. The first-order valence-electron chi connectivity index (χ1n) is 8.72. The van der Waals surface area contributed by atoms with Crippen LogP contribution in [0.1, 0.15) is 27.2 Å². The number of aryl methyl sites for hydroxylation is 1. The Labute approximate surface area is 173 Å². The molecular weight excluding hydrogens is 392 g/mol. The van der Waals surface area contributed by atoms with Crippen molar-refractivity contribution in [1.82, 2.24) is 10.3 Å². The van der Waals surface area contributed by atoms with Crippen molar-refractivity contribution < 1.29 is 14.3 Å². The van der Waals surface area contributed by atoms with Gasteiger partial charge in [0.15, 0.2) is 0 Å². The SMILES string of the molecule is COc1ccc(OC)c(CNC(=O)c2ccccc2CSc2nc(C)cs2)c1. The van der Waals surface area contributed by atoms with Gasteiger partial charge in [0.1, 0.15) is 15.8 Å². The second kappa shape index (κ2) is 9.61. The van der Waals surface area contributed by atoms with Crippen LogP contribution in [0.2, 0.25) is 0 Å². The maximum absolute atomic E-state index is 12.8. The Bertz CT molecular complexity index is 956. The largest absolute Gasteiger partial charge is 0.497 e. The lowest BCUT2D eigenvalue weighted by Crippen LogP contribution is -2.24. The fourth-order valence-corrected chi connectivity index (χ4v) is 4.55. The van der Waals surface area contributed by atoms with E-state index >= 15 is 0 Å². The van der Waals surface area contributed by atoms with E-state index in [1.165, 1.54) is 0 Å². The number of ether oxygens (including phenoxy) is 2. The van der Waals surface area contributed by atoms with Crippen molar-refractivity contribution in [1.29, 1.82) is 0 Å². The Hall–Kier alpha value is -2.51. The summed E-state index contributed by atoms with van der Waals surface area (Å²) >= 11 is 3.27. The van der Waals surface area contributed by atoms with Crippen LogP contribution in [-0.2, 0) is 12.3 Å². The number of thioether (sulfide) groups is 1. The highest BCUT2D eigenvalue weighted by atomic mass is 32.2. The third-order valence-corrected chi connectivity index (χ3v) is 6.33. The molecule has 2 aromatic carbocycles. The summed E-state index contributed by atoms with van der Waals surface area (Å²) in [7, 11) is 3.22. The molecule has 0 aliphatic heterocycles. The number of nitrogens with one attached hydrogen (secondary N) is 1. The van der Waals surface area contributed by atoms with Gasteiger partial charge >= 0.3 is 0 Å². The minimum Gasteiger partial charge on any atom is -0.497 e. The number of hydrogen-bond acceptors (Lipinski definition) is 6. The Morgan fingerprint density at radius 3 is 2.68 bits per heavy atom. The van der Waals surface area contributed by atoms with Crippen LogP contribution in [0.5, 0.6) is 11.5 Å². The average Bonchev–Trinajstić information content (AvgIpc) is 3.15. The fourth-order valence-electron chi connectivity index (χ4n) is 2.70. The van der Waals surface area contributed by atoms with E-state index in [1.807, 2.05) is 54.8 Å². The number of nitrogens with zero attached hydrogens (tertiary/aromatic N) is 1. The first-order chi connectivity index (χ1) is 13.6. The van der Waals surface area contributed by atoms with Gasteiger partial charge in [-0.05, 0) is 36.8 Å². The predicted octanol–water partition coefficient (Wildman–Crippen LogP) is 4.69. The molecule has 1 aromatic heterocycles. The first-order valence-corrected chi connectivity index (χ1v) is 10.6. The van der Waals surface area contributed by atoms with Crippen LogP contribution in [-0.4, -0.2) is 25.1 Å². The van der Waals surface area contributed by atoms with Gasteiger partial charge in [-0.3, -0.25) is 4.79 Å². The minimum atomic E-state index is -0.114. The van der Waals surface area contributed by atoms with E-state index in [2.05, 4.69) is 10.3 Å². The van der Waals surface area contributed by atoms with Crippen LogP contribution in [0.25, 0.3) is 0 Å². The summed E-state index contributed by atoms with van der Waals surface area (Å²) in [6.45, 7) is 2.33. The average molecular weight is 415 g/mol. The molecule has 0 aliphatic carbocycles. The van der Waals surface area contributed by atoms with Crippen LogP contribution in [0.15, 0.2) is 52.2 Å². The van der Waals surface area contributed by atoms with Crippen LogP contribution in [0.4, 0.5) is 0 Å². The van der Waals surface area contributed by atoms with Crippen molar-refractivity contribution in [2.24, 2.45) is 0 Å². The smallest absolute Gasteiger partial charge is 0.251 e. The zero-order chi connectivity index (χ0) is 19.9. The Morgan fingerprint density at radius 2 is 1.96 bits per heavy atom. The number of methoxy groups -OCH3 is 2. The molecule has 0 spiro atoms. The standard InChI is InChI=1S/C21H22N2O3S2/c1-14-12-27-21(23-14)28-13-15-6-4-5-7-18(15)20(24)22-11-16-10-17(25-2)8-9-19(16)26-3/h4-10,12H,11,13H2,1-3H3,(H,22,24). The molecule has 0 atom stereocenters. The van der Waals surface area contributed by atoms with Crippen LogP contribution in [0, 0.1) is 6.92 Å². The van der Waals surface area contributed by atoms with Crippen molar-refractivity contribution in [3.05, 3.63) is 70.2 Å². The number of rotatable bonds is 8. The lowest BCUT2D eigenvalue weighted by Gasteiger charge is -2.13. The molecule has 1 amide bonds. The quantitative estimate of drug-likeness (QED) is 0.542. The monoisotopic (exact) mass is 414 g/mol. The van der Waals surface area contributed by atoms with E-state index < -0.39 is 0 Å². The van der Waals surface area contributed by atoms with E-state index in [0.29, 0.717) is 23.6 Å². The molecule has 0 saturated carbocycles. The maximum atomic E-state index is 12.8. The Balaban J connectivity index is 1.69. The summed E-state index contributed by atoms with van der Waals surface area (Å²) in [5.41, 5.74) is 3.53. The van der Waals surface area contributed by atoms with E-state index in [0.717, 1.165) is 26.9 Å². The topological polar surface area (TPSA) is 60.5 Å². The Morgan fingerprint density at radius 1 is 1.14 bits per heavy atom. The molecule has 1 N–H and O–H groups in total. The summed E-state index contributed by atoms with van der Waals surface area (Å²) in [6, 6.07) is 13.2. The third kappa shape index (κ3) is 5.05. The number of aromatic nitrogens is 1. The second-order valence-electron chi connectivity index (χ2n) is 6.06. The Kier molecular flexibility index (Phi) is 6.95. The highest BCUT2D eigenvalue weighted by Crippen LogP contribution is 2.28. The van der Waals surface area contributed by atoms with Crippen molar-refractivity contribution in [2.45, 2.75) is 23.6 Å². The van der Waals surface area contributed by atoms with Gasteiger partial charge in [-0.2, -0.15) is 0 Å². The number of carbonyl (C=O) groups is 1. The fraction of sp³-hybridized carbons (Fsp3) is 0.238. The zero-order valence-corrected chi connectivity index (χ0v) is 17.7. The van der Waals surface area contributed by atoms with Crippen molar-refractivity contribution >= 4 is 29.0 Å². The number of hydrogen-bond donors (Lipinski definition) is 1. The van der Waals surface area contributed by atoms with Crippen LogP contribution >= 0.6 is 23.1 Å². The minimum absolute atomic E-state index is 0.114. The molecule has 3 rings (SSSR count). The molecule has 0 radical (unpaired) electrons. The summed E-state index contributed by atoms with van der Waals surface area (Å²) in [6.07, 6.45) is 0. The predicted molar refractivity (Wildman–Crippen MR) is 114 cm³/mol. The molecule has 3 aromatic rings. The molecule has 7 heteroatoms. The summed E-state index contributed by atoms with van der Waals surface area (Å²) in [5, 5.41) is 5.02. The lowest BCUT2D eigenvalue weighted by atomic mass is 10.1. The lowest BCUT2D eigenvalue weighted by molar-refractivity contribution is 0.0950. The van der Waals surface area contributed by atoms with Gasteiger partial charge in [0.05, 0.1) is 14.2 Å². The molecule has 0 bridgehead atoms. The van der Waals surface area contributed by atoms with Crippen LogP contribution < -0.4 is 14.8 Å². The molecule has 28 heavy (non-hydrogen) atoms. The highest BCUT2D eigenvalue weighted by Gasteiger charge is 2.13. The first kappa shape index (κ1) is 20.2. The summed E-state index contributed by atoms with van der Waals surface area (Å²) in [5.74, 6) is 2.01. The third-order valence-electron chi connectivity index (χ3n) is 4.14. The van der Waals surface area contributed by atoms with Gasteiger partial charge in [-0.15, -0.1) is 11.3 Å². The van der Waals surface area contributed by atoms with Crippen molar-refractivity contribution in [3.8, 4) is 11.5 Å². The number of amides is 1. The van der Waals surface area contributed by atoms with Gasteiger partial charge in [0, 0.05) is 34.5 Å². The van der Waals surface area contributed by atoms with Crippen LogP contribution in [0.3, 0.4) is 0 Å². The van der Waals surface area contributed by atoms with E-state index in [9.17, 15) is 4.79 Å². The zero-order valence-electron chi connectivity index (χ0n) is 16.0. The molecule has 0 saturated heterocycles. The molecule has 0 aliphatic rings. The van der Waals surface area contributed by atoms with Gasteiger partial charge < -0.3 is 14.8 Å². The highest BCUT2D eigenvalue weighted by molar-refractivity contribution is 8.00. The number of thiazole rings is 1.